The highest BCUT2D eigenvalue weighted by atomic mass is 79.9. The van der Waals surface area contributed by atoms with Crippen LogP contribution in [0.4, 0.5) is 10.5 Å². The standard InChI is InChI=1S/C15H17BrN4O2/c1-10(21)9-20-8-7-17-14(20)11(2)18-15(22)19-13-5-3-12(16)4-6-13/h3-8,11,21H,1,9H2,2H3,(H2,18,19,22). The molecule has 1 unspecified atom stereocenters. The van der Waals surface area contributed by atoms with Gasteiger partial charge in [0.05, 0.1) is 12.6 Å². The second-order valence-electron chi connectivity index (χ2n) is 4.81. The number of aromatic nitrogens is 2. The first-order valence-electron chi connectivity index (χ1n) is 6.66. The van der Waals surface area contributed by atoms with Gasteiger partial charge in [-0.15, -0.1) is 0 Å². The average Bonchev–Trinajstić information content (AvgIpc) is 2.88. The summed E-state index contributed by atoms with van der Waals surface area (Å²) in [7, 11) is 0. The molecule has 0 aliphatic rings. The minimum atomic E-state index is -0.327. The van der Waals surface area contributed by atoms with Crippen molar-refractivity contribution in [2.24, 2.45) is 0 Å². The molecular weight excluding hydrogens is 348 g/mol. The molecular formula is C15H17BrN4O2. The van der Waals surface area contributed by atoms with Crippen LogP contribution < -0.4 is 10.6 Å². The van der Waals surface area contributed by atoms with Crippen LogP contribution in [-0.2, 0) is 6.54 Å². The van der Waals surface area contributed by atoms with Crippen LogP contribution in [0.5, 0.6) is 0 Å². The van der Waals surface area contributed by atoms with Crippen molar-refractivity contribution in [1.82, 2.24) is 14.9 Å². The van der Waals surface area contributed by atoms with Crippen molar-refractivity contribution < 1.29 is 9.90 Å². The number of rotatable bonds is 5. The number of carbonyl (C=O) groups is 1. The monoisotopic (exact) mass is 364 g/mol. The number of nitrogens with zero attached hydrogens (tertiary/aromatic N) is 2. The SMILES string of the molecule is C=C(O)Cn1ccnc1C(C)NC(=O)Nc1ccc(Br)cc1. The minimum Gasteiger partial charge on any atom is -0.511 e. The highest BCUT2D eigenvalue weighted by Crippen LogP contribution is 2.15. The fraction of sp³-hybridized carbons (Fsp3) is 0.200. The zero-order valence-electron chi connectivity index (χ0n) is 12.1. The number of halogens is 1. The van der Waals surface area contributed by atoms with Crippen molar-refractivity contribution >= 4 is 27.6 Å². The molecule has 7 heteroatoms. The van der Waals surface area contributed by atoms with Gasteiger partial charge in [-0.25, -0.2) is 9.78 Å². The van der Waals surface area contributed by atoms with Crippen molar-refractivity contribution in [3.63, 3.8) is 0 Å². The lowest BCUT2D eigenvalue weighted by atomic mass is 10.3. The van der Waals surface area contributed by atoms with E-state index >= 15 is 0 Å². The molecule has 3 N–H and O–H groups in total. The molecule has 0 fully saturated rings. The molecule has 1 aromatic carbocycles. The third kappa shape index (κ3) is 4.36. The summed E-state index contributed by atoms with van der Waals surface area (Å²) in [4.78, 5) is 16.2. The molecule has 1 atom stereocenters. The first-order valence-corrected chi connectivity index (χ1v) is 7.46. The molecule has 1 aromatic heterocycles. The van der Waals surface area contributed by atoms with Gasteiger partial charge in [0, 0.05) is 22.6 Å². The Morgan fingerprint density at radius 3 is 2.77 bits per heavy atom. The first kappa shape index (κ1) is 16.1. The van der Waals surface area contributed by atoms with E-state index in [9.17, 15) is 9.90 Å². The molecule has 2 amide bonds. The van der Waals surface area contributed by atoms with Crippen molar-refractivity contribution in [2.75, 3.05) is 5.32 Å². The molecule has 0 spiro atoms. The third-order valence-electron chi connectivity index (χ3n) is 2.94. The molecule has 0 bridgehead atoms. The predicted octanol–water partition coefficient (Wildman–Crippen LogP) is 3.60. The number of urea groups is 1. The molecule has 0 saturated carbocycles. The van der Waals surface area contributed by atoms with E-state index in [1.165, 1.54) is 0 Å². The van der Waals surface area contributed by atoms with Crippen LogP contribution in [0.15, 0.2) is 53.5 Å². The van der Waals surface area contributed by atoms with E-state index in [4.69, 9.17) is 0 Å². The Morgan fingerprint density at radius 1 is 1.45 bits per heavy atom. The van der Waals surface area contributed by atoms with Crippen LogP contribution in [-0.4, -0.2) is 20.7 Å². The topological polar surface area (TPSA) is 79.2 Å². The number of aliphatic hydroxyl groups excluding tert-OH is 1. The molecule has 2 rings (SSSR count). The van der Waals surface area contributed by atoms with Crippen molar-refractivity contribution in [3.8, 4) is 0 Å². The number of allylic oxidation sites excluding steroid dienone is 1. The number of benzene rings is 1. The number of carbonyl (C=O) groups excluding carboxylic acids is 1. The number of hydrogen-bond donors (Lipinski definition) is 3. The second kappa shape index (κ2) is 7.13. The number of anilines is 1. The number of hydrogen-bond acceptors (Lipinski definition) is 3. The van der Waals surface area contributed by atoms with E-state index in [2.05, 4.69) is 38.1 Å². The highest BCUT2D eigenvalue weighted by molar-refractivity contribution is 9.10. The van der Waals surface area contributed by atoms with E-state index in [1.807, 2.05) is 19.1 Å². The highest BCUT2D eigenvalue weighted by Gasteiger charge is 2.15. The van der Waals surface area contributed by atoms with Crippen molar-refractivity contribution in [3.05, 3.63) is 59.3 Å². The van der Waals surface area contributed by atoms with E-state index in [0.29, 0.717) is 11.5 Å². The van der Waals surface area contributed by atoms with Gasteiger partial charge in [-0.3, -0.25) is 0 Å². The van der Waals surface area contributed by atoms with Gasteiger partial charge in [0.1, 0.15) is 11.6 Å². The fourth-order valence-corrected chi connectivity index (χ4v) is 2.26. The Kier molecular flexibility index (Phi) is 5.21. The van der Waals surface area contributed by atoms with Crippen LogP contribution in [0.25, 0.3) is 0 Å². The van der Waals surface area contributed by atoms with Gasteiger partial charge in [-0.1, -0.05) is 22.5 Å². The molecule has 1 heterocycles. The van der Waals surface area contributed by atoms with E-state index in [-0.39, 0.29) is 24.4 Å². The largest absolute Gasteiger partial charge is 0.511 e. The Morgan fingerprint density at radius 2 is 2.14 bits per heavy atom. The van der Waals surface area contributed by atoms with Crippen LogP contribution in [0.2, 0.25) is 0 Å². The molecule has 6 nitrogen and oxygen atoms in total. The summed E-state index contributed by atoms with van der Waals surface area (Å²) in [5.74, 6) is 0.673. The van der Waals surface area contributed by atoms with Gasteiger partial charge in [-0.05, 0) is 31.2 Å². The Bertz CT molecular complexity index is 666. The predicted molar refractivity (Wildman–Crippen MR) is 88.7 cm³/mol. The van der Waals surface area contributed by atoms with Crippen LogP contribution in [0, 0.1) is 0 Å². The summed E-state index contributed by atoms with van der Waals surface area (Å²) < 4.78 is 2.67. The minimum absolute atomic E-state index is 0.0331. The quantitative estimate of drug-likeness (QED) is 0.709. The van der Waals surface area contributed by atoms with Gasteiger partial charge in [0.15, 0.2) is 0 Å². The molecule has 0 radical (unpaired) electrons. The van der Waals surface area contributed by atoms with Gasteiger partial charge in [-0.2, -0.15) is 0 Å². The smallest absolute Gasteiger partial charge is 0.319 e. The normalized spacial score (nSPS) is 11.7. The Labute approximate surface area is 137 Å². The summed E-state index contributed by atoms with van der Waals surface area (Å²) in [6.07, 6.45) is 3.34. The summed E-state index contributed by atoms with van der Waals surface area (Å²) in [6, 6.07) is 6.64. The lowest BCUT2D eigenvalue weighted by Crippen LogP contribution is -2.32. The summed E-state index contributed by atoms with van der Waals surface area (Å²) in [5.41, 5.74) is 0.694. The third-order valence-corrected chi connectivity index (χ3v) is 3.47. The molecule has 2 aromatic rings. The Hall–Kier alpha value is -2.28. The summed E-state index contributed by atoms with van der Waals surface area (Å²) in [6.45, 7) is 5.52. The zero-order chi connectivity index (χ0) is 16.1. The number of imidazole rings is 1. The number of aliphatic hydroxyl groups is 1. The molecule has 0 aliphatic heterocycles. The van der Waals surface area contributed by atoms with Crippen molar-refractivity contribution in [2.45, 2.75) is 19.5 Å². The average molecular weight is 365 g/mol. The number of nitrogens with one attached hydrogen (secondary N) is 2. The van der Waals surface area contributed by atoms with Crippen LogP contribution in [0.1, 0.15) is 18.8 Å². The number of amides is 2. The van der Waals surface area contributed by atoms with E-state index < -0.39 is 0 Å². The lowest BCUT2D eigenvalue weighted by molar-refractivity contribution is 0.248. The maximum Gasteiger partial charge on any atom is 0.319 e. The second-order valence-corrected chi connectivity index (χ2v) is 5.72. The first-order chi connectivity index (χ1) is 10.5. The molecule has 116 valence electrons. The molecule has 22 heavy (non-hydrogen) atoms. The maximum absolute atomic E-state index is 12.0. The van der Waals surface area contributed by atoms with E-state index in [1.54, 1.807) is 29.1 Å². The Balaban J connectivity index is 1.98. The van der Waals surface area contributed by atoms with Gasteiger partial charge >= 0.3 is 6.03 Å². The van der Waals surface area contributed by atoms with Gasteiger partial charge < -0.3 is 20.3 Å². The van der Waals surface area contributed by atoms with Gasteiger partial charge in [0.2, 0.25) is 0 Å². The maximum atomic E-state index is 12.0. The van der Waals surface area contributed by atoms with Crippen molar-refractivity contribution in [1.29, 1.82) is 0 Å². The summed E-state index contributed by atoms with van der Waals surface area (Å²) >= 11 is 3.34. The molecule has 0 aliphatic carbocycles. The van der Waals surface area contributed by atoms with Gasteiger partial charge in [0.25, 0.3) is 0 Å². The zero-order valence-corrected chi connectivity index (χ0v) is 13.7. The van der Waals surface area contributed by atoms with Crippen LogP contribution in [0.3, 0.4) is 0 Å². The van der Waals surface area contributed by atoms with E-state index in [0.717, 1.165) is 4.47 Å². The summed E-state index contributed by atoms with van der Waals surface area (Å²) in [5, 5.41) is 14.8. The lowest BCUT2D eigenvalue weighted by Gasteiger charge is -2.16. The fourth-order valence-electron chi connectivity index (χ4n) is 1.99. The molecule has 0 saturated heterocycles. The van der Waals surface area contributed by atoms with Crippen LogP contribution >= 0.6 is 15.9 Å².